The van der Waals surface area contributed by atoms with Crippen molar-refractivity contribution in [2.24, 2.45) is 5.14 Å². The maximum Gasteiger partial charge on any atom is 0.409 e. The third kappa shape index (κ3) is 2.35. The fourth-order valence-electron chi connectivity index (χ4n) is 0.996. The van der Waals surface area contributed by atoms with E-state index in [1.165, 1.54) is 11.9 Å². The van der Waals surface area contributed by atoms with E-state index in [1.807, 2.05) is 0 Å². The molecule has 0 aromatic rings. The standard InChI is InChI=1S/C5H10N2O4S/c1-7-2-4(11-5(7)8)3-12(6,9)10/h4H,2-3H2,1H3,(H2,6,9,10). The van der Waals surface area contributed by atoms with E-state index in [0.29, 0.717) is 0 Å². The van der Waals surface area contributed by atoms with Gasteiger partial charge in [0.2, 0.25) is 10.0 Å². The van der Waals surface area contributed by atoms with Crippen LogP contribution in [-0.4, -0.2) is 44.9 Å². The summed E-state index contributed by atoms with van der Waals surface area (Å²) in [6.45, 7) is 0.273. The predicted molar refractivity (Wildman–Crippen MR) is 40.9 cm³/mol. The highest BCUT2D eigenvalue weighted by atomic mass is 32.2. The molecule has 7 heteroatoms. The van der Waals surface area contributed by atoms with Gasteiger partial charge in [-0.25, -0.2) is 18.4 Å². The molecule has 1 atom stereocenters. The summed E-state index contributed by atoms with van der Waals surface area (Å²) in [7, 11) is -2.03. The van der Waals surface area contributed by atoms with E-state index < -0.39 is 22.2 Å². The Bertz CT molecular complexity index is 286. The van der Waals surface area contributed by atoms with Crippen LogP contribution in [0.15, 0.2) is 0 Å². The van der Waals surface area contributed by atoms with Gasteiger partial charge in [0.15, 0.2) is 0 Å². The SMILES string of the molecule is CN1CC(CS(N)(=O)=O)OC1=O. The van der Waals surface area contributed by atoms with Crippen LogP contribution in [0.3, 0.4) is 0 Å². The van der Waals surface area contributed by atoms with Crippen LogP contribution in [0.5, 0.6) is 0 Å². The molecule has 1 aliphatic heterocycles. The van der Waals surface area contributed by atoms with E-state index in [0.717, 1.165) is 0 Å². The number of hydrogen-bond donors (Lipinski definition) is 1. The van der Waals surface area contributed by atoms with Crippen molar-refractivity contribution in [1.82, 2.24) is 4.90 Å². The maximum absolute atomic E-state index is 10.7. The number of ether oxygens (including phenoxy) is 1. The second-order valence-corrected chi connectivity index (χ2v) is 4.37. The molecule has 6 nitrogen and oxygen atoms in total. The summed E-state index contributed by atoms with van der Waals surface area (Å²) in [5.74, 6) is -0.316. The number of sulfonamides is 1. The fourth-order valence-corrected chi connectivity index (χ4v) is 1.69. The second-order valence-electron chi connectivity index (χ2n) is 2.72. The number of carbonyl (C=O) groups excluding carboxylic acids is 1. The number of carbonyl (C=O) groups is 1. The number of nitrogens with two attached hydrogens (primary N) is 1. The Morgan fingerprint density at radius 1 is 1.75 bits per heavy atom. The molecule has 0 aromatic heterocycles. The Labute approximate surface area is 70.3 Å². The number of primary sulfonamides is 1. The molecule has 1 heterocycles. The summed E-state index contributed by atoms with van der Waals surface area (Å²) in [6, 6.07) is 0. The zero-order chi connectivity index (χ0) is 9.35. The summed E-state index contributed by atoms with van der Waals surface area (Å²) in [4.78, 5) is 12.0. The van der Waals surface area contributed by atoms with E-state index in [9.17, 15) is 13.2 Å². The minimum Gasteiger partial charge on any atom is -0.443 e. The lowest BCUT2D eigenvalue weighted by molar-refractivity contribution is 0.142. The second kappa shape index (κ2) is 2.91. The Morgan fingerprint density at radius 2 is 2.33 bits per heavy atom. The lowest BCUT2D eigenvalue weighted by Gasteiger charge is -2.04. The molecule has 0 spiro atoms. The van der Waals surface area contributed by atoms with Crippen molar-refractivity contribution in [3.8, 4) is 0 Å². The van der Waals surface area contributed by atoms with Crippen LogP contribution in [0.4, 0.5) is 4.79 Å². The topological polar surface area (TPSA) is 89.7 Å². The van der Waals surface area contributed by atoms with Gasteiger partial charge in [-0.15, -0.1) is 0 Å². The first-order valence-electron chi connectivity index (χ1n) is 3.31. The molecule has 1 aliphatic rings. The van der Waals surface area contributed by atoms with Crippen molar-refractivity contribution in [1.29, 1.82) is 0 Å². The largest absolute Gasteiger partial charge is 0.443 e. The van der Waals surface area contributed by atoms with Crippen molar-refractivity contribution in [3.05, 3.63) is 0 Å². The van der Waals surface area contributed by atoms with Gasteiger partial charge in [0.25, 0.3) is 0 Å². The highest BCUT2D eigenvalue weighted by Gasteiger charge is 2.30. The molecule has 70 valence electrons. The van der Waals surface area contributed by atoms with Crippen LogP contribution in [0.2, 0.25) is 0 Å². The number of rotatable bonds is 2. The first-order valence-corrected chi connectivity index (χ1v) is 5.02. The Hall–Kier alpha value is -0.820. The Kier molecular flexibility index (Phi) is 2.25. The Balaban J connectivity index is 2.54. The van der Waals surface area contributed by atoms with Gasteiger partial charge in [0, 0.05) is 7.05 Å². The van der Waals surface area contributed by atoms with Crippen molar-refractivity contribution in [3.63, 3.8) is 0 Å². The van der Waals surface area contributed by atoms with Gasteiger partial charge in [-0.2, -0.15) is 0 Å². The van der Waals surface area contributed by atoms with Crippen molar-refractivity contribution in [2.75, 3.05) is 19.3 Å². The van der Waals surface area contributed by atoms with Crippen LogP contribution in [0, 0.1) is 0 Å². The average Bonchev–Trinajstić information content (AvgIpc) is 2.07. The van der Waals surface area contributed by atoms with Crippen LogP contribution in [-0.2, 0) is 14.8 Å². The van der Waals surface area contributed by atoms with E-state index in [1.54, 1.807) is 0 Å². The van der Waals surface area contributed by atoms with E-state index >= 15 is 0 Å². The van der Waals surface area contributed by atoms with Gasteiger partial charge >= 0.3 is 6.09 Å². The van der Waals surface area contributed by atoms with Crippen LogP contribution in [0.25, 0.3) is 0 Å². The summed E-state index contributed by atoms with van der Waals surface area (Å²) in [6.07, 6.45) is -1.14. The number of nitrogens with zero attached hydrogens (tertiary/aromatic N) is 1. The van der Waals surface area contributed by atoms with Gasteiger partial charge in [0.05, 0.1) is 6.54 Å². The fraction of sp³-hybridized carbons (Fsp3) is 0.800. The third-order valence-corrected chi connectivity index (χ3v) is 2.31. The zero-order valence-electron chi connectivity index (χ0n) is 6.56. The van der Waals surface area contributed by atoms with E-state index in [4.69, 9.17) is 5.14 Å². The minimum absolute atomic E-state index is 0.273. The lowest BCUT2D eigenvalue weighted by atomic mass is 10.4. The van der Waals surface area contributed by atoms with Crippen LogP contribution >= 0.6 is 0 Å². The highest BCUT2D eigenvalue weighted by Crippen LogP contribution is 2.09. The Morgan fingerprint density at radius 3 is 2.67 bits per heavy atom. The van der Waals surface area contributed by atoms with Gasteiger partial charge in [0.1, 0.15) is 11.9 Å². The van der Waals surface area contributed by atoms with Crippen molar-refractivity contribution < 1.29 is 17.9 Å². The normalized spacial score (nSPS) is 24.3. The summed E-state index contributed by atoms with van der Waals surface area (Å²) in [5, 5.41) is 4.77. The first kappa shape index (κ1) is 9.27. The molecule has 0 aliphatic carbocycles. The molecule has 12 heavy (non-hydrogen) atoms. The summed E-state index contributed by atoms with van der Waals surface area (Å²) < 4.78 is 25.8. The molecule has 1 unspecified atom stereocenters. The molecule has 0 saturated carbocycles. The van der Waals surface area contributed by atoms with Gasteiger partial charge in [-0.1, -0.05) is 0 Å². The third-order valence-electron chi connectivity index (χ3n) is 1.47. The molecule has 2 N–H and O–H groups in total. The molecule has 1 fully saturated rings. The molecule has 1 saturated heterocycles. The maximum atomic E-state index is 10.7. The molecule has 1 amide bonds. The molecular formula is C5H10N2O4S. The number of cyclic esters (lactones) is 1. The summed E-state index contributed by atoms with van der Waals surface area (Å²) >= 11 is 0. The smallest absolute Gasteiger partial charge is 0.409 e. The van der Waals surface area contributed by atoms with Crippen LogP contribution < -0.4 is 5.14 Å². The molecule has 0 aromatic carbocycles. The van der Waals surface area contributed by atoms with E-state index in [2.05, 4.69) is 4.74 Å². The number of likely N-dealkylation sites (N-methyl/N-ethyl adjacent to an activating group) is 1. The van der Waals surface area contributed by atoms with Crippen LogP contribution in [0.1, 0.15) is 0 Å². The minimum atomic E-state index is -3.56. The molecule has 0 bridgehead atoms. The molecule has 1 rings (SSSR count). The number of hydrogen-bond acceptors (Lipinski definition) is 4. The van der Waals surface area contributed by atoms with Gasteiger partial charge in [-0.3, -0.25) is 0 Å². The highest BCUT2D eigenvalue weighted by molar-refractivity contribution is 7.89. The first-order chi connectivity index (χ1) is 5.38. The van der Waals surface area contributed by atoms with Crippen molar-refractivity contribution >= 4 is 16.1 Å². The van der Waals surface area contributed by atoms with E-state index in [-0.39, 0.29) is 12.3 Å². The van der Waals surface area contributed by atoms with Crippen molar-refractivity contribution in [2.45, 2.75) is 6.10 Å². The lowest BCUT2D eigenvalue weighted by Crippen LogP contribution is -2.29. The molecular weight excluding hydrogens is 184 g/mol. The zero-order valence-corrected chi connectivity index (χ0v) is 7.37. The van der Waals surface area contributed by atoms with Gasteiger partial charge in [-0.05, 0) is 0 Å². The summed E-state index contributed by atoms with van der Waals surface area (Å²) in [5.41, 5.74) is 0. The average molecular weight is 194 g/mol. The van der Waals surface area contributed by atoms with Gasteiger partial charge < -0.3 is 9.64 Å². The monoisotopic (exact) mass is 194 g/mol. The number of amides is 1. The molecule has 0 radical (unpaired) electrons. The quantitative estimate of drug-likeness (QED) is 0.593. The predicted octanol–water partition coefficient (Wildman–Crippen LogP) is -1.27.